The summed E-state index contributed by atoms with van der Waals surface area (Å²) in [5.74, 6) is -0.255. The quantitative estimate of drug-likeness (QED) is 0.777. The molecule has 1 saturated carbocycles. The molecule has 1 aromatic rings. The monoisotopic (exact) mass is 209 g/mol. The standard InChI is InChI=1S/C12H16FNO/c13-10-5-6-12(14)9(7-10)8-15-11-3-1-2-4-11/h5-7,11H,1-4,8,14H2. The third kappa shape index (κ3) is 2.69. The van der Waals surface area contributed by atoms with Gasteiger partial charge in [0, 0.05) is 11.3 Å². The van der Waals surface area contributed by atoms with Crippen LogP contribution < -0.4 is 5.73 Å². The van der Waals surface area contributed by atoms with Crippen molar-refractivity contribution in [2.45, 2.75) is 38.4 Å². The summed E-state index contributed by atoms with van der Waals surface area (Å²) in [7, 11) is 0. The highest BCUT2D eigenvalue weighted by Crippen LogP contribution is 2.23. The fraction of sp³-hybridized carbons (Fsp3) is 0.500. The summed E-state index contributed by atoms with van der Waals surface area (Å²) in [6, 6.07) is 4.40. The number of hydrogen-bond acceptors (Lipinski definition) is 2. The normalized spacial score (nSPS) is 17.1. The lowest BCUT2D eigenvalue weighted by molar-refractivity contribution is 0.0459. The molecule has 0 atom stereocenters. The summed E-state index contributed by atoms with van der Waals surface area (Å²) in [6.07, 6.45) is 5.06. The molecule has 0 unspecified atom stereocenters. The molecule has 2 rings (SSSR count). The molecule has 0 aliphatic heterocycles. The van der Waals surface area contributed by atoms with Gasteiger partial charge in [0.05, 0.1) is 12.7 Å². The van der Waals surface area contributed by atoms with Gasteiger partial charge in [-0.3, -0.25) is 0 Å². The maximum atomic E-state index is 12.9. The number of nitrogens with two attached hydrogens (primary N) is 1. The van der Waals surface area contributed by atoms with Crippen molar-refractivity contribution < 1.29 is 9.13 Å². The Kier molecular flexibility index (Phi) is 3.21. The Morgan fingerprint density at radius 2 is 2.07 bits per heavy atom. The minimum Gasteiger partial charge on any atom is -0.398 e. The van der Waals surface area contributed by atoms with E-state index in [1.54, 1.807) is 6.07 Å². The van der Waals surface area contributed by atoms with E-state index in [0.717, 1.165) is 18.4 Å². The molecule has 0 aromatic heterocycles. The number of halogens is 1. The van der Waals surface area contributed by atoms with Crippen molar-refractivity contribution in [1.29, 1.82) is 0 Å². The maximum Gasteiger partial charge on any atom is 0.123 e. The topological polar surface area (TPSA) is 35.2 Å². The molecule has 0 heterocycles. The van der Waals surface area contributed by atoms with Crippen molar-refractivity contribution in [1.82, 2.24) is 0 Å². The minimum absolute atomic E-state index is 0.255. The van der Waals surface area contributed by atoms with Crippen LogP contribution in [0.25, 0.3) is 0 Å². The van der Waals surface area contributed by atoms with Gasteiger partial charge in [0.2, 0.25) is 0 Å². The molecule has 0 bridgehead atoms. The van der Waals surface area contributed by atoms with E-state index in [1.807, 2.05) is 0 Å². The van der Waals surface area contributed by atoms with Crippen molar-refractivity contribution in [2.75, 3.05) is 5.73 Å². The average molecular weight is 209 g/mol. The van der Waals surface area contributed by atoms with Crippen LogP contribution in [-0.2, 0) is 11.3 Å². The Morgan fingerprint density at radius 1 is 1.33 bits per heavy atom. The van der Waals surface area contributed by atoms with Crippen LogP contribution in [0, 0.1) is 5.82 Å². The van der Waals surface area contributed by atoms with Crippen LogP contribution in [0.3, 0.4) is 0 Å². The van der Waals surface area contributed by atoms with Crippen LogP contribution in [0.2, 0.25) is 0 Å². The first-order valence-electron chi connectivity index (χ1n) is 5.41. The molecule has 2 nitrogen and oxygen atoms in total. The van der Waals surface area contributed by atoms with Crippen LogP contribution in [0.15, 0.2) is 18.2 Å². The molecule has 82 valence electrons. The van der Waals surface area contributed by atoms with Gasteiger partial charge in [0.1, 0.15) is 5.82 Å². The molecule has 0 radical (unpaired) electrons. The molecule has 1 aromatic carbocycles. The van der Waals surface area contributed by atoms with E-state index in [0.29, 0.717) is 18.4 Å². The van der Waals surface area contributed by atoms with Crippen molar-refractivity contribution in [3.63, 3.8) is 0 Å². The lowest BCUT2D eigenvalue weighted by atomic mass is 10.2. The summed E-state index contributed by atoms with van der Waals surface area (Å²) < 4.78 is 18.6. The summed E-state index contributed by atoms with van der Waals surface area (Å²) >= 11 is 0. The third-order valence-corrected chi connectivity index (χ3v) is 2.88. The van der Waals surface area contributed by atoms with Crippen LogP contribution in [0.1, 0.15) is 31.2 Å². The predicted molar refractivity (Wildman–Crippen MR) is 57.9 cm³/mol. The molecule has 1 fully saturated rings. The molecule has 0 saturated heterocycles. The van der Waals surface area contributed by atoms with Gasteiger partial charge in [-0.25, -0.2) is 4.39 Å². The Bertz CT molecular complexity index is 334. The SMILES string of the molecule is Nc1ccc(F)cc1COC1CCCC1. The number of ether oxygens (including phenoxy) is 1. The van der Waals surface area contributed by atoms with E-state index >= 15 is 0 Å². The fourth-order valence-electron chi connectivity index (χ4n) is 1.96. The highest BCUT2D eigenvalue weighted by atomic mass is 19.1. The second kappa shape index (κ2) is 4.62. The predicted octanol–water partition coefficient (Wildman–Crippen LogP) is 2.87. The number of benzene rings is 1. The summed E-state index contributed by atoms with van der Waals surface area (Å²) in [5, 5.41) is 0. The fourth-order valence-corrected chi connectivity index (χ4v) is 1.96. The van der Waals surface area contributed by atoms with Crippen LogP contribution in [0.4, 0.5) is 10.1 Å². The van der Waals surface area contributed by atoms with Gasteiger partial charge in [-0.1, -0.05) is 12.8 Å². The highest BCUT2D eigenvalue weighted by molar-refractivity contribution is 5.46. The molecule has 0 amide bonds. The van der Waals surface area contributed by atoms with E-state index < -0.39 is 0 Å². The molecule has 1 aliphatic carbocycles. The van der Waals surface area contributed by atoms with Crippen LogP contribution in [0.5, 0.6) is 0 Å². The lowest BCUT2D eigenvalue weighted by Gasteiger charge is -2.12. The van der Waals surface area contributed by atoms with Gasteiger partial charge in [-0.05, 0) is 31.0 Å². The van der Waals surface area contributed by atoms with Gasteiger partial charge >= 0.3 is 0 Å². The first kappa shape index (κ1) is 10.4. The van der Waals surface area contributed by atoms with Crippen LogP contribution >= 0.6 is 0 Å². The van der Waals surface area contributed by atoms with Gasteiger partial charge in [0.25, 0.3) is 0 Å². The zero-order chi connectivity index (χ0) is 10.7. The smallest absolute Gasteiger partial charge is 0.123 e. The van der Waals surface area contributed by atoms with Gasteiger partial charge in [-0.15, -0.1) is 0 Å². The van der Waals surface area contributed by atoms with Crippen molar-refractivity contribution >= 4 is 5.69 Å². The molecular formula is C12H16FNO. The molecule has 15 heavy (non-hydrogen) atoms. The zero-order valence-electron chi connectivity index (χ0n) is 8.71. The zero-order valence-corrected chi connectivity index (χ0v) is 8.71. The maximum absolute atomic E-state index is 12.9. The molecular weight excluding hydrogens is 193 g/mol. The van der Waals surface area contributed by atoms with Crippen LogP contribution in [-0.4, -0.2) is 6.10 Å². The molecule has 3 heteroatoms. The van der Waals surface area contributed by atoms with Crippen molar-refractivity contribution in [3.05, 3.63) is 29.6 Å². The minimum atomic E-state index is -0.255. The largest absolute Gasteiger partial charge is 0.398 e. The summed E-state index contributed by atoms with van der Waals surface area (Å²) in [6.45, 7) is 0.425. The number of hydrogen-bond donors (Lipinski definition) is 1. The Balaban J connectivity index is 1.94. The summed E-state index contributed by atoms with van der Waals surface area (Å²) in [5.41, 5.74) is 7.09. The van der Waals surface area contributed by atoms with E-state index in [1.165, 1.54) is 25.0 Å². The Labute approximate surface area is 89.2 Å². The van der Waals surface area contributed by atoms with Gasteiger partial charge in [-0.2, -0.15) is 0 Å². The highest BCUT2D eigenvalue weighted by Gasteiger charge is 2.15. The van der Waals surface area contributed by atoms with E-state index in [9.17, 15) is 4.39 Å². The second-order valence-electron chi connectivity index (χ2n) is 4.06. The van der Waals surface area contributed by atoms with E-state index in [-0.39, 0.29) is 5.82 Å². The number of rotatable bonds is 3. The van der Waals surface area contributed by atoms with E-state index in [4.69, 9.17) is 10.5 Å². The first-order chi connectivity index (χ1) is 7.25. The molecule has 0 spiro atoms. The lowest BCUT2D eigenvalue weighted by Crippen LogP contribution is -2.08. The molecule has 1 aliphatic rings. The van der Waals surface area contributed by atoms with Gasteiger partial charge in [0.15, 0.2) is 0 Å². The number of anilines is 1. The summed E-state index contributed by atoms with van der Waals surface area (Å²) in [4.78, 5) is 0. The second-order valence-corrected chi connectivity index (χ2v) is 4.06. The first-order valence-corrected chi connectivity index (χ1v) is 5.41. The molecule has 2 N–H and O–H groups in total. The Hall–Kier alpha value is -1.09. The third-order valence-electron chi connectivity index (χ3n) is 2.88. The number of nitrogen functional groups attached to an aromatic ring is 1. The average Bonchev–Trinajstić information content (AvgIpc) is 2.72. The van der Waals surface area contributed by atoms with Crippen molar-refractivity contribution in [2.24, 2.45) is 0 Å². The van der Waals surface area contributed by atoms with E-state index in [2.05, 4.69) is 0 Å². The Morgan fingerprint density at radius 3 is 2.80 bits per heavy atom. The van der Waals surface area contributed by atoms with Crippen molar-refractivity contribution in [3.8, 4) is 0 Å². The van der Waals surface area contributed by atoms with Gasteiger partial charge < -0.3 is 10.5 Å².